The third-order valence-electron chi connectivity index (χ3n) is 8.64. The maximum absolute atomic E-state index is 14.0. The molecule has 1 fully saturated rings. The molecule has 3 N–H and O–H groups in total. The Labute approximate surface area is 249 Å². The first-order chi connectivity index (χ1) is 20.1. The number of nitrogens with one attached hydrogen (secondary N) is 1. The summed E-state index contributed by atoms with van der Waals surface area (Å²) < 4.78 is 39.6. The first kappa shape index (κ1) is 32.2. The molecule has 0 bridgehead atoms. The van der Waals surface area contributed by atoms with Crippen molar-refractivity contribution in [3.05, 3.63) is 70.8 Å². The SMILES string of the molecule is CC(c1ccc(C(=O)NCC(O)C(=O)O)cc1)N1C(=O)C(c2ccc(C(F)(F)F)cc2)=NC1C1CCCC(C(C)(C)C)C1. The number of hydrogen-bond donors (Lipinski definition) is 3. The maximum atomic E-state index is 14.0. The first-order valence-electron chi connectivity index (χ1n) is 14.4. The van der Waals surface area contributed by atoms with Gasteiger partial charge in [0.05, 0.1) is 18.2 Å². The number of nitrogens with zero attached hydrogens (tertiary/aromatic N) is 2. The fourth-order valence-electron chi connectivity index (χ4n) is 5.98. The Morgan fingerprint density at radius 2 is 1.67 bits per heavy atom. The highest BCUT2D eigenvalue weighted by Crippen LogP contribution is 2.44. The first-order valence-corrected chi connectivity index (χ1v) is 14.4. The van der Waals surface area contributed by atoms with Crippen LogP contribution in [-0.4, -0.2) is 57.4 Å². The summed E-state index contributed by atoms with van der Waals surface area (Å²) in [4.78, 5) is 43.8. The number of benzene rings is 2. The van der Waals surface area contributed by atoms with Crippen LogP contribution in [0.15, 0.2) is 53.5 Å². The van der Waals surface area contributed by atoms with Gasteiger partial charge in [0, 0.05) is 17.0 Å². The monoisotopic (exact) mass is 601 g/mol. The summed E-state index contributed by atoms with van der Waals surface area (Å²) in [7, 11) is 0. The number of rotatable bonds is 8. The van der Waals surface area contributed by atoms with E-state index in [9.17, 15) is 32.7 Å². The minimum Gasteiger partial charge on any atom is -0.479 e. The lowest BCUT2D eigenvalue weighted by atomic mass is 9.68. The van der Waals surface area contributed by atoms with Gasteiger partial charge < -0.3 is 20.4 Å². The van der Waals surface area contributed by atoms with Crippen LogP contribution >= 0.6 is 0 Å². The van der Waals surface area contributed by atoms with Crippen LogP contribution in [0.4, 0.5) is 13.2 Å². The van der Waals surface area contributed by atoms with E-state index in [-0.39, 0.29) is 28.5 Å². The van der Waals surface area contributed by atoms with Crippen molar-refractivity contribution >= 4 is 23.5 Å². The number of carbonyl (C=O) groups is 3. The molecule has 5 unspecified atom stereocenters. The second-order valence-corrected chi connectivity index (χ2v) is 12.5. The molecule has 2 aromatic carbocycles. The van der Waals surface area contributed by atoms with Crippen LogP contribution in [0.5, 0.6) is 0 Å². The largest absolute Gasteiger partial charge is 0.479 e. The van der Waals surface area contributed by atoms with Gasteiger partial charge in [0.2, 0.25) is 0 Å². The molecular formula is C32H38F3N3O5. The molecule has 2 amide bonds. The Morgan fingerprint density at radius 3 is 2.23 bits per heavy atom. The number of aliphatic hydroxyl groups excluding tert-OH is 1. The third kappa shape index (κ3) is 7.26. The van der Waals surface area contributed by atoms with Crippen LogP contribution in [0, 0.1) is 17.3 Å². The van der Waals surface area contributed by atoms with E-state index in [2.05, 4.69) is 26.1 Å². The summed E-state index contributed by atoms with van der Waals surface area (Å²) in [6, 6.07) is 10.5. The summed E-state index contributed by atoms with van der Waals surface area (Å²) in [5, 5.41) is 20.6. The van der Waals surface area contributed by atoms with Crippen molar-refractivity contribution in [2.45, 2.75) is 77.9 Å². The van der Waals surface area contributed by atoms with E-state index in [1.54, 1.807) is 29.2 Å². The van der Waals surface area contributed by atoms with Crippen molar-refractivity contribution in [1.82, 2.24) is 10.2 Å². The van der Waals surface area contributed by atoms with Crippen LogP contribution < -0.4 is 5.32 Å². The molecule has 43 heavy (non-hydrogen) atoms. The average molecular weight is 602 g/mol. The lowest BCUT2D eigenvalue weighted by Gasteiger charge is -2.42. The van der Waals surface area contributed by atoms with E-state index in [4.69, 9.17) is 10.1 Å². The number of aliphatic carboxylic acids is 1. The van der Waals surface area contributed by atoms with E-state index in [1.165, 1.54) is 12.1 Å². The Kier molecular flexibility index (Phi) is 9.34. The van der Waals surface area contributed by atoms with Crippen LogP contribution in [0.2, 0.25) is 0 Å². The number of alkyl halides is 3. The molecule has 0 spiro atoms. The molecule has 0 aromatic heterocycles. The van der Waals surface area contributed by atoms with Crippen LogP contribution in [0.1, 0.15) is 86.5 Å². The lowest BCUT2D eigenvalue weighted by Crippen LogP contribution is -2.44. The van der Waals surface area contributed by atoms with Crippen LogP contribution in [0.25, 0.3) is 0 Å². The maximum Gasteiger partial charge on any atom is 0.416 e. The van der Waals surface area contributed by atoms with Crippen molar-refractivity contribution < 1.29 is 37.8 Å². The molecule has 1 saturated carbocycles. The molecule has 232 valence electrons. The van der Waals surface area contributed by atoms with Gasteiger partial charge in [-0.05, 0) is 67.3 Å². The number of carboxylic acids is 1. The highest BCUT2D eigenvalue weighted by molar-refractivity contribution is 6.46. The summed E-state index contributed by atoms with van der Waals surface area (Å²) in [5.41, 5.74) is 0.723. The van der Waals surface area contributed by atoms with Gasteiger partial charge >= 0.3 is 12.1 Å². The average Bonchev–Trinajstić information content (AvgIpc) is 3.31. The lowest BCUT2D eigenvalue weighted by molar-refractivity contribution is -0.146. The molecule has 4 rings (SSSR count). The summed E-state index contributed by atoms with van der Waals surface area (Å²) in [6.07, 6.45) is -2.90. The summed E-state index contributed by atoms with van der Waals surface area (Å²) >= 11 is 0. The molecule has 1 heterocycles. The van der Waals surface area contributed by atoms with E-state index >= 15 is 0 Å². The van der Waals surface area contributed by atoms with Gasteiger partial charge in [-0.3, -0.25) is 14.6 Å². The predicted octanol–water partition coefficient (Wildman–Crippen LogP) is 5.45. The van der Waals surface area contributed by atoms with Gasteiger partial charge in [0.25, 0.3) is 11.8 Å². The minimum absolute atomic E-state index is 0.0713. The second kappa shape index (κ2) is 12.5. The van der Waals surface area contributed by atoms with Crippen molar-refractivity contribution in [3.63, 3.8) is 0 Å². The molecular weight excluding hydrogens is 563 g/mol. The Morgan fingerprint density at radius 1 is 1.05 bits per heavy atom. The fourth-order valence-corrected chi connectivity index (χ4v) is 5.98. The summed E-state index contributed by atoms with van der Waals surface area (Å²) in [6.45, 7) is 8.03. The van der Waals surface area contributed by atoms with Crippen molar-refractivity contribution in [1.29, 1.82) is 0 Å². The number of aliphatic imine (C=N–C) groups is 1. The highest BCUT2D eigenvalue weighted by atomic mass is 19.4. The van der Waals surface area contributed by atoms with Crippen LogP contribution in [0.3, 0.4) is 0 Å². The topological polar surface area (TPSA) is 119 Å². The van der Waals surface area contributed by atoms with Crippen LogP contribution in [-0.2, 0) is 15.8 Å². The van der Waals surface area contributed by atoms with E-state index in [0.29, 0.717) is 11.5 Å². The van der Waals surface area contributed by atoms with Crippen molar-refractivity contribution in [3.8, 4) is 0 Å². The number of carbonyl (C=O) groups excluding carboxylic acids is 2. The fraction of sp³-hybridized carbons (Fsp3) is 0.500. The van der Waals surface area contributed by atoms with Gasteiger partial charge in [-0.1, -0.05) is 51.5 Å². The van der Waals surface area contributed by atoms with E-state index < -0.39 is 48.5 Å². The second-order valence-electron chi connectivity index (χ2n) is 12.5. The zero-order chi connectivity index (χ0) is 31.7. The smallest absolute Gasteiger partial charge is 0.416 e. The number of carboxylic acid groups (broad SMARTS) is 1. The van der Waals surface area contributed by atoms with E-state index in [0.717, 1.165) is 43.4 Å². The summed E-state index contributed by atoms with van der Waals surface area (Å²) in [5.74, 6) is -1.86. The standard InChI is InChI=1S/C32H38F3N3O5/c1-18(19-8-10-21(11-9-19)28(40)36-17-25(39)30(42)43)38-27(22-6-5-7-24(16-22)31(2,3)4)37-26(29(38)41)20-12-14-23(15-13-20)32(33,34)35/h8-15,18,22,24-25,27,39H,5-7,16-17H2,1-4H3,(H,36,40)(H,42,43). The Balaban J connectivity index is 1.61. The zero-order valence-electron chi connectivity index (χ0n) is 24.7. The minimum atomic E-state index is -4.49. The third-order valence-corrected chi connectivity index (χ3v) is 8.64. The molecule has 2 aromatic rings. The number of halogens is 3. The zero-order valence-corrected chi connectivity index (χ0v) is 24.7. The molecule has 0 saturated heterocycles. The number of hydrogen-bond acceptors (Lipinski definition) is 5. The molecule has 5 atom stereocenters. The van der Waals surface area contributed by atoms with Gasteiger partial charge in [0.1, 0.15) is 11.9 Å². The molecule has 11 heteroatoms. The van der Waals surface area contributed by atoms with Crippen molar-refractivity contribution in [2.75, 3.05) is 6.54 Å². The van der Waals surface area contributed by atoms with Gasteiger partial charge in [-0.15, -0.1) is 0 Å². The Hall–Kier alpha value is -3.73. The quantitative estimate of drug-likeness (QED) is 0.372. The predicted molar refractivity (Wildman–Crippen MR) is 154 cm³/mol. The molecule has 1 aliphatic heterocycles. The number of aliphatic hydroxyl groups is 1. The molecule has 8 nitrogen and oxygen atoms in total. The normalized spacial score (nSPS) is 22.6. The highest BCUT2D eigenvalue weighted by Gasteiger charge is 2.44. The molecule has 1 aliphatic carbocycles. The molecule has 2 aliphatic rings. The molecule has 0 radical (unpaired) electrons. The van der Waals surface area contributed by atoms with Crippen molar-refractivity contribution in [2.24, 2.45) is 22.2 Å². The van der Waals surface area contributed by atoms with E-state index in [1.807, 2.05) is 6.92 Å². The van der Waals surface area contributed by atoms with Gasteiger partial charge in [-0.2, -0.15) is 13.2 Å². The van der Waals surface area contributed by atoms with Gasteiger partial charge in [0.15, 0.2) is 6.10 Å². The number of amides is 2. The Bertz CT molecular complexity index is 1370. The van der Waals surface area contributed by atoms with Gasteiger partial charge in [-0.25, -0.2) is 4.79 Å².